The van der Waals surface area contributed by atoms with Crippen molar-refractivity contribution in [1.82, 2.24) is 24.6 Å². The van der Waals surface area contributed by atoms with E-state index in [0.717, 1.165) is 25.9 Å². The topological polar surface area (TPSA) is 98.9 Å². The van der Waals surface area contributed by atoms with Crippen molar-refractivity contribution in [1.29, 1.82) is 0 Å². The predicted molar refractivity (Wildman–Crippen MR) is 130 cm³/mol. The second kappa shape index (κ2) is 9.84. The maximum atomic E-state index is 13.3. The van der Waals surface area contributed by atoms with Crippen LogP contribution >= 0.6 is 11.6 Å². The van der Waals surface area contributed by atoms with Crippen molar-refractivity contribution in [3.63, 3.8) is 0 Å². The van der Waals surface area contributed by atoms with Gasteiger partial charge in [-0.2, -0.15) is 9.78 Å². The minimum absolute atomic E-state index is 0.0611. The number of nitrogens with zero attached hydrogens (tertiary/aromatic N) is 4. The van der Waals surface area contributed by atoms with Crippen LogP contribution in [0.15, 0.2) is 76.6 Å². The van der Waals surface area contributed by atoms with Crippen LogP contribution in [0.5, 0.6) is 0 Å². The molecule has 0 radical (unpaired) electrons. The maximum Gasteiger partial charge on any atom is 0.352 e. The van der Waals surface area contributed by atoms with Crippen LogP contribution in [0.2, 0.25) is 5.02 Å². The molecule has 34 heavy (non-hydrogen) atoms. The van der Waals surface area contributed by atoms with Crippen LogP contribution in [-0.2, 0) is 13.1 Å². The largest absolute Gasteiger partial charge is 0.352 e. The zero-order chi connectivity index (χ0) is 24.2. The maximum absolute atomic E-state index is 13.3. The molecule has 4 aromatic rings. The standard InChI is InChI=1S/C25H22ClN5O3/c1-16-9-17(2)11-21(10-16)31-25(34)30(15-18-5-3-7-20(26)12-18)24(33)22(29-31)23(32)28-14-19-6-4-8-27-13-19/h3-13H,14-15H2,1-2H3,(H,28,32). The molecule has 8 nitrogen and oxygen atoms in total. The van der Waals surface area contributed by atoms with Gasteiger partial charge in [0.1, 0.15) is 0 Å². The monoisotopic (exact) mass is 475 g/mol. The number of nitrogens with one attached hydrogen (secondary N) is 1. The number of carbonyl (C=O) groups excluding carboxylic acids is 1. The summed E-state index contributed by atoms with van der Waals surface area (Å²) >= 11 is 6.08. The van der Waals surface area contributed by atoms with Gasteiger partial charge in [-0.05, 0) is 66.4 Å². The van der Waals surface area contributed by atoms with E-state index >= 15 is 0 Å². The van der Waals surface area contributed by atoms with Gasteiger partial charge in [0.2, 0.25) is 5.69 Å². The highest BCUT2D eigenvalue weighted by atomic mass is 35.5. The number of benzene rings is 2. The summed E-state index contributed by atoms with van der Waals surface area (Å²) in [7, 11) is 0. The number of rotatable bonds is 6. The highest BCUT2D eigenvalue weighted by Gasteiger charge is 2.21. The van der Waals surface area contributed by atoms with Gasteiger partial charge in [-0.25, -0.2) is 4.79 Å². The SMILES string of the molecule is Cc1cc(C)cc(-n2nc(C(=O)NCc3cccnc3)c(=O)n(Cc3cccc(Cl)c3)c2=O)c1. The molecule has 0 aliphatic heterocycles. The zero-order valence-corrected chi connectivity index (χ0v) is 19.4. The van der Waals surface area contributed by atoms with E-state index in [1.165, 1.54) is 0 Å². The lowest BCUT2D eigenvalue weighted by Gasteiger charge is -2.13. The van der Waals surface area contributed by atoms with Gasteiger partial charge >= 0.3 is 5.69 Å². The lowest BCUT2D eigenvalue weighted by Crippen LogP contribution is -2.46. The minimum Gasteiger partial charge on any atom is -0.346 e. The molecule has 1 N–H and O–H groups in total. The first-order chi connectivity index (χ1) is 16.3. The summed E-state index contributed by atoms with van der Waals surface area (Å²) in [6.07, 6.45) is 3.24. The van der Waals surface area contributed by atoms with Gasteiger partial charge in [-0.1, -0.05) is 35.9 Å². The van der Waals surface area contributed by atoms with E-state index < -0.39 is 17.2 Å². The molecular weight excluding hydrogens is 454 g/mol. The van der Waals surface area contributed by atoms with E-state index in [9.17, 15) is 14.4 Å². The molecule has 0 unspecified atom stereocenters. The minimum atomic E-state index is -0.783. The number of halogens is 1. The number of hydrogen-bond acceptors (Lipinski definition) is 5. The Morgan fingerprint density at radius 3 is 2.41 bits per heavy atom. The number of amides is 1. The first-order valence-electron chi connectivity index (χ1n) is 10.6. The summed E-state index contributed by atoms with van der Waals surface area (Å²) in [5.74, 6) is -0.688. The highest BCUT2D eigenvalue weighted by Crippen LogP contribution is 2.13. The lowest BCUT2D eigenvalue weighted by atomic mass is 10.1. The van der Waals surface area contributed by atoms with E-state index in [1.54, 1.807) is 60.9 Å². The Morgan fingerprint density at radius 1 is 1.00 bits per heavy atom. The van der Waals surface area contributed by atoms with Gasteiger partial charge in [0, 0.05) is 24.0 Å². The van der Waals surface area contributed by atoms with Crippen molar-refractivity contribution in [2.24, 2.45) is 0 Å². The summed E-state index contributed by atoms with van der Waals surface area (Å²) in [5, 5.41) is 7.33. The number of pyridine rings is 1. The van der Waals surface area contributed by atoms with Gasteiger partial charge in [0.15, 0.2) is 0 Å². The lowest BCUT2D eigenvalue weighted by molar-refractivity contribution is 0.0941. The molecule has 0 bridgehead atoms. The summed E-state index contributed by atoms with van der Waals surface area (Å²) in [6, 6.07) is 15.9. The summed E-state index contributed by atoms with van der Waals surface area (Å²) in [4.78, 5) is 43.6. The van der Waals surface area contributed by atoms with Crippen LogP contribution in [0.1, 0.15) is 32.7 Å². The Bertz CT molecular complexity index is 1460. The number of aryl methyl sites for hydroxylation is 2. The molecule has 2 aromatic carbocycles. The Labute approximate surface area is 200 Å². The van der Waals surface area contributed by atoms with Crippen LogP contribution in [-0.4, -0.2) is 25.2 Å². The molecule has 0 spiro atoms. The summed E-state index contributed by atoms with van der Waals surface area (Å²) in [5.41, 5.74) is 1.88. The molecule has 0 saturated heterocycles. The second-order valence-electron chi connectivity index (χ2n) is 7.95. The van der Waals surface area contributed by atoms with Crippen molar-refractivity contribution in [2.45, 2.75) is 26.9 Å². The molecule has 2 aromatic heterocycles. The fourth-order valence-electron chi connectivity index (χ4n) is 3.62. The molecule has 1 amide bonds. The average Bonchev–Trinajstić information content (AvgIpc) is 2.80. The van der Waals surface area contributed by atoms with E-state index in [-0.39, 0.29) is 18.8 Å². The first-order valence-corrected chi connectivity index (χ1v) is 10.9. The van der Waals surface area contributed by atoms with Gasteiger partial charge < -0.3 is 5.32 Å². The Morgan fingerprint density at radius 2 is 1.74 bits per heavy atom. The summed E-state index contributed by atoms with van der Waals surface area (Å²) < 4.78 is 2.08. The summed E-state index contributed by atoms with van der Waals surface area (Å²) in [6.45, 7) is 3.88. The van der Waals surface area contributed by atoms with Crippen molar-refractivity contribution < 1.29 is 4.79 Å². The van der Waals surface area contributed by atoms with Gasteiger partial charge in [-0.3, -0.25) is 19.1 Å². The van der Waals surface area contributed by atoms with Gasteiger partial charge in [-0.15, -0.1) is 0 Å². The second-order valence-corrected chi connectivity index (χ2v) is 8.39. The molecule has 0 fully saturated rings. The molecule has 172 valence electrons. The number of carbonyl (C=O) groups is 1. The molecule has 2 heterocycles. The molecule has 0 aliphatic carbocycles. The molecule has 9 heteroatoms. The van der Waals surface area contributed by atoms with E-state index in [1.807, 2.05) is 19.9 Å². The van der Waals surface area contributed by atoms with E-state index in [2.05, 4.69) is 15.4 Å². The smallest absolute Gasteiger partial charge is 0.346 e. The van der Waals surface area contributed by atoms with Crippen molar-refractivity contribution >= 4 is 17.5 Å². The third-order valence-electron chi connectivity index (χ3n) is 5.13. The van der Waals surface area contributed by atoms with Gasteiger partial charge in [0.25, 0.3) is 11.5 Å². The van der Waals surface area contributed by atoms with Crippen molar-refractivity contribution in [3.8, 4) is 5.69 Å². The molecule has 0 aliphatic rings. The predicted octanol–water partition coefficient (Wildman–Crippen LogP) is 3.04. The fraction of sp³-hybridized carbons (Fsp3) is 0.160. The number of aromatic nitrogens is 4. The molecular formula is C25H22ClN5O3. The Balaban J connectivity index is 1.82. The average molecular weight is 476 g/mol. The quantitative estimate of drug-likeness (QED) is 0.462. The Hall–Kier alpha value is -4.04. The third kappa shape index (κ3) is 5.13. The molecule has 0 atom stereocenters. The Kier molecular flexibility index (Phi) is 6.70. The number of hydrogen-bond donors (Lipinski definition) is 1. The first kappa shape index (κ1) is 23.1. The van der Waals surface area contributed by atoms with E-state index in [4.69, 9.17) is 11.6 Å². The van der Waals surface area contributed by atoms with Crippen LogP contribution in [0, 0.1) is 13.8 Å². The van der Waals surface area contributed by atoms with Crippen LogP contribution in [0.3, 0.4) is 0 Å². The van der Waals surface area contributed by atoms with Crippen molar-refractivity contribution in [2.75, 3.05) is 0 Å². The van der Waals surface area contributed by atoms with Crippen molar-refractivity contribution in [3.05, 3.63) is 121 Å². The third-order valence-corrected chi connectivity index (χ3v) is 5.37. The molecule has 0 saturated carbocycles. The van der Waals surface area contributed by atoms with Crippen LogP contribution in [0.25, 0.3) is 5.69 Å². The van der Waals surface area contributed by atoms with Gasteiger partial charge in [0.05, 0.1) is 12.2 Å². The fourth-order valence-corrected chi connectivity index (χ4v) is 3.84. The highest BCUT2D eigenvalue weighted by molar-refractivity contribution is 6.30. The van der Waals surface area contributed by atoms with E-state index in [0.29, 0.717) is 16.3 Å². The zero-order valence-electron chi connectivity index (χ0n) is 18.7. The normalized spacial score (nSPS) is 10.8. The van der Waals surface area contributed by atoms with Crippen LogP contribution in [0.4, 0.5) is 0 Å². The van der Waals surface area contributed by atoms with Crippen LogP contribution < -0.4 is 16.6 Å². The molecule has 4 rings (SSSR count).